The van der Waals surface area contributed by atoms with E-state index < -0.39 is 0 Å². The van der Waals surface area contributed by atoms with Gasteiger partial charge in [0.25, 0.3) is 0 Å². The van der Waals surface area contributed by atoms with Crippen molar-refractivity contribution < 1.29 is 9.47 Å². The molecule has 0 aliphatic carbocycles. The molecule has 0 saturated heterocycles. The molecule has 0 amide bonds. The quantitative estimate of drug-likeness (QED) is 0.910. The van der Waals surface area contributed by atoms with Crippen molar-refractivity contribution in [2.24, 2.45) is 0 Å². The average molecular weight is 275 g/mol. The van der Waals surface area contributed by atoms with Crippen LogP contribution in [0.3, 0.4) is 0 Å². The SMILES string of the molecule is CCCNC1c2ccc3c(c2OC1CC)OC(C)(C)C3. The molecular weight excluding hydrogens is 250 g/mol. The minimum Gasteiger partial charge on any atom is -0.484 e. The zero-order valence-corrected chi connectivity index (χ0v) is 13.0. The fraction of sp³-hybridized carbons (Fsp3) is 0.647. The Morgan fingerprint density at radius 1 is 1.25 bits per heavy atom. The van der Waals surface area contributed by atoms with Gasteiger partial charge in [-0.3, -0.25) is 0 Å². The van der Waals surface area contributed by atoms with Crippen LogP contribution in [0, 0.1) is 0 Å². The Morgan fingerprint density at radius 3 is 2.75 bits per heavy atom. The third-order valence-corrected chi connectivity index (χ3v) is 4.21. The maximum absolute atomic E-state index is 6.21. The highest BCUT2D eigenvalue weighted by atomic mass is 16.5. The zero-order chi connectivity index (χ0) is 14.3. The number of hydrogen-bond acceptors (Lipinski definition) is 3. The lowest BCUT2D eigenvalue weighted by Crippen LogP contribution is -2.31. The Balaban J connectivity index is 1.95. The summed E-state index contributed by atoms with van der Waals surface area (Å²) < 4.78 is 12.3. The maximum atomic E-state index is 6.21. The van der Waals surface area contributed by atoms with E-state index in [1.165, 1.54) is 11.1 Å². The van der Waals surface area contributed by atoms with Gasteiger partial charge in [-0.2, -0.15) is 0 Å². The van der Waals surface area contributed by atoms with E-state index in [9.17, 15) is 0 Å². The molecule has 0 aromatic heterocycles. The normalized spacial score (nSPS) is 25.8. The number of benzene rings is 1. The van der Waals surface area contributed by atoms with Crippen molar-refractivity contribution in [1.29, 1.82) is 0 Å². The first-order valence-electron chi connectivity index (χ1n) is 7.80. The van der Waals surface area contributed by atoms with Crippen LogP contribution in [0.15, 0.2) is 12.1 Å². The maximum Gasteiger partial charge on any atom is 0.166 e. The van der Waals surface area contributed by atoms with Crippen molar-refractivity contribution in [3.05, 3.63) is 23.3 Å². The standard InChI is InChI=1S/C17H25NO2/c1-5-9-18-14-12-8-7-11-10-17(3,4)20-15(11)16(12)19-13(14)6-2/h7-8,13-14,18H,5-6,9-10H2,1-4H3. The highest BCUT2D eigenvalue weighted by Crippen LogP contribution is 2.50. The van der Waals surface area contributed by atoms with Gasteiger partial charge in [0.05, 0.1) is 6.04 Å². The van der Waals surface area contributed by atoms with E-state index >= 15 is 0 Å². The first-order chi connectivity index (χ1) is 9.55. The van der Waals surface area contributed by atoms with Crippen LogP contribution >= 0.6 is 0 Å². The molecule has 3 nitrogen and oxygen atoms in total. The summed E-state index contributed by atoms with van der Waals surface area (Å²) >= 11 is 0. The topological polar surface area (TPSA) is 30.5 Å². The lowest BCUT2D eigenvalue weighted by Gasteiger charge is -2.19. The van der Waals surface area contributed by atoms with Crippen LogP contribution in [0.2, 0.25) is 0 Å². The summed E-state index contributed by atoms with van der Waals surface area (Å²) in [4.78, 5) is 0. The van der Waals surface area contributed by atoms with Gasteiger partial charge >= 0.3 is 0 Å². The van der Waals surface area contributed by atoms with Crippen LogP contribution in [0.1, 0.15) is 57.7 Å². The summed E-state index contributed by atoms with van der Waals surface area (Å²) in [6, 6.07) is 4.74. The zero-order valence-electron chi connectivity index (χ0n) is 13.0. The summed E-state index contributed by atoms with van der Waals surface area (Å²) in [7, 11) is 0. The van der Waals surface area contributed by atoms with Crippen LogP contribution in [-0.4, -0.2) is 18.2 Å². The molecule has 0 fully saturated rings. The Kier molecular flexibility index (Phi) is 3.41. The van der Waals surface area contributed by atoms with Gasteiger partial charge in [0.1, 0.15) is 11.7 Å². The van der Waals surface area contributed by atoms with Gasteiger partial charge in [-0.25, -0.2) is 0 Å². The van der Waals surface area contributed by atoms with Crippen molar-refractivity contribution in [1.82, 2.24) is 5.32 Å². The fourth-order valence-corrected chi connectivity index (χ4v) is 3.29. The van der Waals surface area contributed by atoms with E-state index in [1.807, 2.05) is 0 Å². The molecule has 2 atom stereocenters. The number of fused-ring (bicyclic) bond motifs is 3. The number of ether oxygens (including phenoxy) is 2. The molecule has 3 heteroatoms. The second-order valence-electron chi connectivity index (χ2n) is 6.51. The van der Waals surface area contributed by atoms with Gasteiger partial charge in [-0.05, 0) is 33.2 Å². The van der Waals surface area contributed by atoms with Gasteiger partial charge in [-0.15, -0.1) is 0 Å². The smallest absolute Gasteiger partial charge is 0.166 e. The molecule has 2 heterocycles. The first-order valence-corrected chi connectivity index (χ1v) is 7.80. The van der Waals surface area contributed by atoms with Gasteiger partial charge in [0.15, 0.2) is 11.5 Å². The van der Waals surface area contributed by atoms with E-state index in [0.29, 0.717) is 6.04 Å². The molecule has 2 unspecified atom stereocenters. The van der Waals surface area contributed by atoms with E-state index in [0.717, 1.165) is 37.3 Å². The molecule has 1 aromatic carbocycles. The summed E-state index contributed by atoms with van der Waals surface area (Å²) in [6.07, 6.45) is 3.32. The number of hydrogen-bond donors (Lipinski definition) is 1. The molecule has 2 aliphatic rings. The highest BCUT2D eigenvalue weighted by molar-refractivity contribution is 5.58. The fourth-order valence-electron chi connectivity index (χ4n) is 3.29. The Hall–Kier alpha value is -1.22. The summed E-state index contributed by atoms with van der Waals surface area (Å²) in [5, 5.41) is 3.62. The second kappa shape index (κ2) is 4.96. The molecule has 1 N–H and O–H groups in total. The number of rotatable bonds is 4. The van der Waals surface area contributed by atoms with Crippen molar-refractivity contribution >= 4 is 0 Å². The third-order valence-electron chi connectivity index (χ3n) is 4.21. The summed E-state index contributed by atoms with van der Waals surface area (Å²) in [5.74, 6) is 1.96. The minimum absolute atomic E-state index is 0.114. The largest absolute Gasteiger partial charge is 0.484 e. The number of nitrogens with one attached hydrogen (secondary N) is 1. The molecule has 1 aromatic rings. The second-order valence-corrected chi connectivity index (χ2v) is 6.51. The van der Waals surface area contributed by atoms with Crippen LogP contribution in [0.4, 0.5) is 0 Å². The molecule has 0 spiro atoms. The van der Waals surface area contributed by atoms with Gasteiger partial charge in [0, 0.05) is 17.5 Å². The highest BCUT2D eigenvalue weighted by Gasteiger charge is 2.40. The minimum atomic E-state index is -0.114. The van der Waals surface area contributed by atoms with Crippen LogP contribution in [0.25, 0.3) is 0 Å². The molecule has 0 radical (unpaired) electrons. The summed E-state index contributed by atoms with van der Waals surface area (Å²) in [6.45, 7) is 9.67. The Labute approximate surface area is 121 Å². The predicted molar refractivity (Wildman–Crippen MR) is 80.6 cm³/mol. The van der Waals surface area contributed by atoms with Crippen molar-refractivity contribution in [2.75, 3.05) is 6.54 Å². The van der Waals surface area contributed by atoms with E-state index in [1.54, 1.807) is 0 Å². The average Bonchev–Trinajstić information content (AvgIpc) is 2.91. The lowest BCUT2D eigenvalue weighted by molar-refractivity contribution is 0.126. The van der Waals surface area contributed by atoms with Gasteiger partial charge < -0.3 is 14.8 Å². The van der Waals surface area contributed by atoms with E-state index in [-0.39, 0.29) is 11.7 Å². The molecule has 0 saturated carbocycles. The van der Waals surface area contributed by atoms with E-state index in [4.69, 9.17) is 9.47 Å². The van der Waals surface area contributed by atoms with Crippen molar-refractivity contribution in [3.8, 4) is 11.5 Å². The van der Waals surface area contributed by atoms with Gasteiger partial charge in [0.2, 0.25) is 0 Å². The van der Waals surface area contributed by atoms with Crippen molar-refractivity contribution in [3.63, 3.8) is 0 Å². The molecule has 110 valence electrons. The first kappa shape index (κ1) is 13.7. The molecular formula is C17H25NO2. The summed E-state index contributed by atoms with van der Waals surface area (Å²) in [5.41, 5.74) is 2.43. The molecule has 0 bridgehead atoms. The molecule has 3 rings (SSSR count). The third kappa shape index (κ3) is 2.18. The van der Waals surface area contributed by atoms with Crippen molar-refractivity contribution in [2.45, 2.75) is 64.7 Å². The molecule has 20 heavy (non-hydrogen) atoms. The molecule has 2 aliphatic heterocycles. The van der Waals surface area contributed by atoms with Crippen LogP contribution in [-0.2, 0) is 6.42 Å². The lowest BCUT2D eigenvalue weighted by atomic mass is 9.97. The van der Waals surface area contributed by atoms with Gasteiger partial charge in [-0.1, -0.05) is 26.0 Å². The van der Waals surface area contributed by atoms with E-state index in [2.05, 4.69) is 45.1 Å². The Bertz CT molecular complexity index is 510. The monoisotopic (exact) mass is 275 g/mol. The van der Waals surface area contributed by atoms with Crippen LogP contribution < -0.4 is 14.8 Å². The predicted octanol–water partition coefficient (Wildman–Crippen LogP) is 3.61. The van der Waals surface area contributed by atoms with Crippen LogP contribution in [0.5, 0.6) is 11.5 Å². The Morgan fingerprint density at radius 2 is 2.05 bits per heavy atom.